The number of nitrogens with one attached hydrogen (secondary N) is 1. The first-order valence-electron chi connectivity index (χ1n) is 12.1. The Bertz CT molecular complexity index is 909. The van der Waals surface area contributed by atoms with Crippen molar-refractivity contribution in [2.75, 3.05) is 79.0 Å². The van der Waals surface area contributed by atoms with E-state index in [4.69, 9.17) is 18.9 Å². The van der Waals surface area contributed by atoms with Crippen LogP contribution in [0.15, 0.2) is 54.6 Å². The standard InChI is InChI=1S/C27H36N2O4/c1-3-7-25-23(5-1)21-24-6-2-4-8-26(24)27(25)22-29-11-15-32-19-17-30-13-9-28-10-14-31-18-20-33-16-12-29/h1-8,21,28H,9-20,22H2. The maximum absolute atomic E-state index is 5.87. The van der Waals surface area contributed by atoms with Crippen LogP contribution in [0.25, 0.3) is 21.5 Å². The zero-order valence-electron chi connectivity index (χ0n) is 19.5. The zero-order valence-corrected chi connectivity index (χ0v) is 19.5. The van der Waals surface area contributed by atoms with Crippen molar-refractivity contribution >= 4 is 21.5 Å². The molecule has 0 radical (unpaired) electrons. The first-order valence-corrected chi connectivity index (χ1v) is 12.1. The van der Waals surface area contributed by atoms with Gasteiger partial charge in [-0.3, -0.25) is 4.90 Å². The Morgan fingerprint density at radius 3 is 1.64 bits per heavy atom. The van der Waals surface area contributed by atoms with Crippen LogP contribution in [0.5, 0.6) is 0 Å². The van der Waals surface area contributed by atoms with Crippen LogP contribution in [0.2, 0.25) is 0 Å². The van der Waals surface area contributed by atoms with E-state index in [0.717, 1.165) is 32.7 Å². The van der Waals surface area contributed by atoms with Gasteiger partial charge in [0.1, 0.15) is 0 Å². The molecule has 1 aliphatic rings. The van der Waals surface area contributed by atoms with E-state index in [-0.39, 0.29) is 0 Å². The average Bonchev–Trinajstić information content (AvgIpc) is 2.84. The Balaban J connectivity index is 1.46. The minimum Gasteiger partial charge on any atom is -0.378 e. The topological polar surface area (TPSA) is 52.2 Å². The van der Waals surface area contributed by atoms with E-state index in [1.807, 2.05) is 0 Å². The fourth-order valence-corrected chi connectivity index (χ4v) is 4.22. The minimum atomic E-state index is 0.616. The SMILES string of the molecule is c1ccc2c(CN3CCOCCOCCNCCOCCOCC3)c3ccccc3cc2c1. The number of nitrogens with zero attached hydrogens (tertiary/aromatic N) is 1. The molecule has 6 nitrogen and oxygen atoms in total. The summed E-state index contributed by atoms with van der Waals surface area (Å²) in [5.41, 5.74) is 1.37. The highest BCUT2D eigenvalue weighted by Gasteiger charge is 2.13. The molecule has 0 aliphatic carbocycles. The van der Waals surface area contributed by atoms with Gasteiger partial charge in [-0.25, -0.2) is 0 Å². The summed E-state index contributed by atoms with van der Waals surface area (Å²) in [6.07, 6.45) is 0. The number of hydrogen-bond donors (Lipinski definition) is 1. The van der Waals surface area contributed by atoms with Crippen molar-refractivity contribution in [1.82, 2.24) is 10.2 Å². The van der Waals surface area contributed by atoms with Gasteiger partial charge in [-0.15, -0.1) is 0 Å². The predicted octanol–water partition coefficient (Wildman–Crippen LogP) is 3.46. The lowest BCUT2D eigenvalue weighted by Gasteiger charge is -2.24. The molecule has 0 unspecified atom stereocenters. The van der Waals surface area contributed by atoms with Crippen molar-refractivity contribution in [2.45, 2.75) is 6.54 Å². The largest absolute Gasteiger partial charge is 0.378 e. The summed E-state index contributed by atoms with van der Waals surface area (Å²) in [7, 11) is 0. The highest BCUT2D eigenvalue weighted by Crippen LogP contribution is 2.29. The molecule has 3 aromatic carbocycles. The zero-order chi connectivity index (χ0) is 22.6. The number of hydrogen-bond acceptors (Lipinski definition) is 6. The summed E-state index contributed by atoms with van der Waals surface area (Å²) >= 11 is 0. The van der Waals surface area contributed by atoms with E-state index < -0.39 is 0 Å². The monoisotopic (exact) mass is 452 g/mol. The lowest BCUT2D eigenvalue weighted by Crippen LogP contribution is -2.32. The number of ether oxygens (including phenoxy) is 4. The summed E-state index contributed by atoms with van der Waals surface area (Å²) in [5.74, 6) is 0. The molecular weight excluding hydrogens is 416 g/mol. The van der Waals surface area contributed by atoms with Crippen molar-refractivity contribution in [3.8, 4) is 0 Å². The molecule has 1 fully saturated rings. The molecule has 0 saturated carbocycles. The average molecular weight is 453 g/mol. The predicted molar refractivity (Wildman–Crippen MR) is 133 cm³/mol. The molecule has 1 heterocycles. The molecule has 3 aromatic rings. The Morgan fingerprint density at radius 2 is 1.09 bits per heavy atom. The molecule has 178 valence electrons. The van der Waals surface area contributed by atoms with Crippen LogP contribution in [0.4, 0.5) is 0 Å². The van der Waals surface area contributed by atoms with Crippen LogP contribution < -0.4 is 5.32 Å². The van der Waals surface area contributed by atoms with Crippen molar-refractivity contribution < 1.29 is 18.9 Å². The van der Waals surface area contributed by atoms with Crippen LogP contribution in [0.1, 0.15) is 5.56 Å². The van der Waals surface area contributed by atoms with Crippen LogP contribution in [-0.4, -0.2) is 83.9 Å². The maximum Gasteiger partial charge on any atom is 0.0701 e. The van der Waals surface area contributed by atoms with Gasteiger partial charge in [-0.05, 0) is 33.2 Å². The van der Waals surface area contributed by atoms with Gasteiger partial charge in [-0.1, -0.05) is 48.5 Å². The van der Waals surface area contributed by atoms with Crippen LogP contribution in [0.3, 0.4) is 0 Å². The molecule has 0 atom stereocenters. The van der Waals surface area contributed by atoms with E-state index in [1.54, 1.807) is 0 Å². The van der Waals surface area contributed by atoms with Gasteiger partial charge in [0, 0.05) is 32.7 Å². The summed E-state index contributed by atoms with van der Waals surface area (Å²) in [6.45, 7) is 9.39. The van der Waals surface area contributed by atoms with Gasteiger partial charge in [-0.2, -0.15) is 0 Å². The summed E-state index contributed by atoms with van der Waals surface area (Å²) in [6, 6.07) is 19.6. The summed E-state index contributed by atoms with van der Waals surface area (Å²) in [4.78, 5) is 2.43. The fourth-order valence-electron chi connectivity index (χ4n) is 4.22. The Morgan fingerprint density at radius 1 is 0.606 bits per heavy atom. The Kier molecular flexibility index (Phi) is 9.92. The molecule has 1 saturated heterocycles. The first kappa shape index (κ1) is 24.1. The van der Waals surface area contributed by atoms with Crippen LogP contribution in [-0.2, 0) is 25.5 Å². The van der Waals surface area contributed by atoms with Crippen molar-refractivity contribution in [1.29, 1.82) is 0 Å². The lowest BCUT2D eigenvalue weighted by atomic mass is 9.96. The molecular formula is C27H36N2O4. The second kappa shape index (κ2) is 13.6. The highest BCUT2D eigenvalue weighted by molar-refractivity contribution is 6.02. The second-order valence-electron chi connectivity index (χ2n) is 8.27. The van der Waals surface area contributed by atoms with Crippen LogP contribution >= 0.6 is 0 Å². The van der Waals surface area contributed by atoms with Crippen molar-refractivity contribution in [3.63, 3.8) is 0 Å². The van der Waals surface area contributed by atoms with Crippen LogP contribution in [0, 0.1) is 0 Å². The number of benzene rings is 3. The van der Waals surface area contributed by atoms with E-state index in [2.05, 4.69) is 64.8 Å². The molecule has 0 spiro atoms. The molecule has 33 heavy (non-hydrogen) atoms. The van der Waals surface area contributed by atoms with Gasteiger partial charge >= 0.3 is 0 Å². The fraction of sp³-hybridized carbons (Fsp3) is 0.481. The summed E-state index contributed by atoms with van der Waals surface area (Å²) in [5, 5.41) is 8.49. The quantitative estimate of drug-likeness (QED) is 0.601. The van der Waals surface area contributed by atoms with Gasteiger partial charge < -0.3 is 24.3 Å². The molecule has 0 bridgehead atoms. The third-order valence-corrected chi connectivity index (χ3v) is 5.96. The van der Waals surface area contributed by atoms with Gasteiger partial charge in [0.25, 0.3) is 0 Å². The third kappa shape index (κ3) is 7.47. The van der Waals surface area contributed by atoms with E-state index >= 15 is 0 Å². The maximum atomic E-state index is 5.87. The van der Waals surface area contributed by atoms with E-state index in [9.17, 15) is 0 Å². The Labute approximate surface area is 196 Å². The first-order chi connectivity index (χ1) is 16.4. The highest BCUT2D eigenvalue weighted by atomic mass is 16.5. The van der Waals surface area contributed by atoms with E-state index in [1.165, 1.54) is 27.1 Å². The summed E-state index contributed by atoms with van der Waals surface area (Å²) < 4.78 is 23.0. The smallest absolute Gasteiger partial charge is 0.0701 e. The normalized spacial score (nSPS) is 19.3. The van der Waals surface area contributed by atoms with Gasteiger partial charge in [0.15, 0.2) is 0 Å². The molecule has 0 amide bonds. The second-order valence-corrected chi connectivity index (χ2v) is 8.27. The van der Waals surface area contributed by atoms with Gasteiger partial charge in [0.2, 0.25) is 0 Å². The molecule has 4 rings (SSSR count). The molecule has 1 N–H and O–H groups in total. The number of fused-ring (bicyclic) bond motifs is 2. The molecule has 1 aliphatic heterocycles. The van der Waals surface area contributed by atoms with Crippen molar-refractivity contribution in [3.05, 3.63) is 60.2 Å². The lowest BCUT2D eigenvalue weighted by molar-refractivity contribution is 0.0195. The van der Waals surface area contributed by atoms with Gasteiger partial charge in [0.05, 0.1) is 52.9 Å². The molecule has 6 heteroatoms. The minimum absolute atomic E-state index is 0.616. The molecule has 0 aromatic heterocycles. The third-order valence-electron chi connectivity index (χ3n) is 5.96. The van der Waals surface area contributed by atoms with E-state index in [0.29, 0.717) is 52.9 Å². The number of rotatable bonds is 2. The van der Waals surface area contributed by atoms with Crippen molar-refractivity contribution in [2.24, 2.45) is 0 Å². The Hall–Kier alpha value is -2.06.